The molecule has 2 unspecified atom stereocenters. The highest BCUT2D eigenvalue weighted by Gasteiger charge is 2.41. The van der Waals surface area contributed by atoms with Gasteiger partial charge >= 0.3 is 5.97 Å². The van der Waals surface area contributed by atoms with Crippen molar-refractivity contribution in [2.45, 2.75) is 24.8 Å². The number of benzene rings is 1. The number of hydrogen-bond donors (Lipinski definition) is 2. The molecule has 0 aromatic heterocycles. The van der Waals surface area contributed by atoms with Crippen LogP contribution in [0.4, 0.5) is 5.69 Å². The van der Waals surface area contributed by atoms with Crippen molar-refractivity contribution < 1.29 is 14.7 Å². The Morgan fingerprint density at radius 2 is 2.25 bits per heavy atom. The molecule has 1 aliphatic heterocycles. The van der Waals surface area contributed by atoms with Gasteiger partial charge in [-0.15, -0.1) is 11.8 Å². The number of halogens is 1. The highest BCUT2D eigenvalue weighted by Crippen LogP contribution is 2.33. The van der Waals surface area contributed by atoms with Crippen LogP contribution in [-0.2, 0) is 4.79 Å². The summed E-state index contributed by atoms with van der Waals surface area (Å²) in [5, 5.41) is 9.16. The molecule has 7 heteroatoms. The maximum Gasteiger partial charge on any atom is 0.327 e. The van der Waals surface area contributed by atoms with Gasteiger partial charge in [0.1, 0.15) is 6.04 Å². The molecule has 1 aromatic carbocycles. The van der Waals surface area contributed by atoms with Gasteiger partial charge in [0.05, 0.1) is 5.37 Å². The lowest BCUT2D eigenvalue weighted by Gasteiger charge is -2.26. The molecule has 1 amide bonds. The second-order valence-electron chi connectivity index (χ2n) is 4.50. The van der Waals surface area contributed by atoms with E-state index in [1.54, 1.807) is 18.2 Å². The van der Waals surface area contributed by atoms with Gasteiger partial charge in [-0.25, -0.2) is 4.79 Å². The molecule has 0 spiro atoms. The van der Waals surface area contributed by atoms with Gasteiger partial charge in [0.15, 0.2) is 0 Å². The van der Waals surface area contributed by atoms with E-state index < -0.39 is 12.0 Å². The number of rotatable bonds is 3. The maximum atomic E-state index is 12.6. The highest BCUT2D eigenvalue weighted by atomic mass is 79.9. The molecule has 1 aliphatic rings. The van der Waals surface area contributed by atoms with E-state index in [-0.39, 0.29) is 11.3 Å². The van der Waals surface area contributed by atoms with Gasteiger partial charge in [-0.2, -0.15) is 0 Å². The Balaban J connectivity index is 2.33. The molecule has 1 fully saturated rings. The van der Waals surface area contributed by atoms with Crippen molar-refractivity contribution in [3.63, 3.8) is 0 Å². The van der Waals surface area contributed by atoms with E-state index in [4.69, 9.17) is 5.73 Å². The molecule has 1 aromatic rings. The van der Waals surface area contributed by atoms with Crippen LogP contribution in [0.1, 0.15) is 23.7 Å². The number of nitrogens with zero attached hydrogens (tertiary/aromatic N) is 1. The molecule has 0 bridgehead atoms. The van der Waals surface area contributed by atoms with E-state index in [9.17, 15) is 14.7 Å². The molecule has 1 heterocycles. The first-order chi connectivity index (χ1) is 9.45. The Labute approximate surface area is 129 Å². The summed E-state index contributed by atoms with van der Waals surface area (Å²) in [5.41, 5.74) is 6.69. The minimum Gasteiger partial charge on any atom is -0.480 e. The van der Waals surface area contributed by atoms with Crippen LogP contribution in [0.25, 0.3) is 0 Å². The Morgan fingerprint density at radius 3 is 2.80 bits per heavy atom. The second-order valence-corrected chi connectivity index (χ2v) is 6.56. The summed E-state index contributed by atoms with van der Waals surface area (Å²) in [6.07, 6.45) is 0.719. The first kappa shape index (κ1) is 15.2. The van der Waals surface area contributed by atoms with Gasteiger partial charge in [0, 0.05) is 21.5 Å². The number of hydrogen-bond acceptors (Lipinski definition) is 4. The first-order valence-electron chi connectivity index (χ1n) is 6.17. The number of carbonyl (C=O) groups is 2. The molecule has 5 nitrogen and oxygen atoms in total. The van der Waals surface area contributed by atoms with Gasteiger partial charge < -0.3 is 15.7 Å². The summed E-state index contributed by atoms with van der Waals surface area (Å²) in [7, 11) is 0. The number of nitrogen functional groups attached to an aromatic ring is 1. The van der Waals surface area contributed by atoms with Crippen LogP contribution >= 0.6 is 27.7 Å². The quantitative estimate of drug-likeness (QED) is 0.810. The van der Waals surface area contributed by atoms with E-state index in [1.165, 1.54) is 16.7 Å². The first-order valence-corrected chi connectivity index (χ1v) is 8.02. The third-order valence-corrected chi connectivity index (χ3v) is 5.35. The van der Waals surface area contributed by atoms with Crippen molar-refractivity contribution in [3.8, 4) is 0 Å². The van der Waals surface area contributed by atoms with Gasteiger partial charge in [-0.05, 0) is 40.5 Å². The summed E-state index contributed by atoms with van der Waals surface area (Å²) in [5.74, 6) is -0.804. The highest BCUT2D eigenvalue weighted by molar-refractivity contribution is 9.10. The second kappa shape index (κ2) is 6.05. The minimum absolute atomic E-state index is 0.0973. The molecule has 2 atom stereocenters. The average Bonchev–Trinajstić information content (AvgIpc) is 2.85. The average molecular weight is 359 g/mol. The van der Waals surface area contributed by atoms with Crippen molar-refractivity contribution in [2.24, 2.45) is 0 Å². The molecule has 1 saturated heterocycles. The normalized spacial score (nSPS) is 22.0. The van der Waals surface area contributed by atoms with Gasteiger partial charge in [-0.3, -0.25) is 4.79 Å². The number of amides is 1. The lowest BCUT2D eigenvalue weighted by Crippen LogP contribution is -2.45. The van der Waals surface area contributed by atoms with Crippen molar-refractivity contribution in [3.05, 3.63) is 28.2 Å². The van der Waals surface area contributed by atoms with Crippen LogP contribution < -0.4 is 5.73 Å². The zero-order valence-corrected chi connectivity index (χ0v) is 13.3. The summed E-state index contributed by atoms with van der Waals surface area (Å²) in [4.78, 5) is 25.3. The number of carbonyl (C=O) groups excluding carboxylic acids is 1. The molecule has 3 N–H and O–H groups in total. The Bertz CT molecular complexity index is 552. The maximum absolute atomic E-state index is 12.6. The summed E-state index contributed by atoms with van der Waals surface area (Å²) < 4.78 is 0.634. The lowest BCUT2D eigenvalue weighted by atomic mass is 10.1. The summed E-state index contributed by atoms with van der Waals surface area (Å²) in [6.45, 7) is 1.95. The summed E-state index contributed by atoms with van der Waals surface area (Å²) in [6, 6.07) is 4.12. The number of anilines is 1. The van der Waals surface area contributed by atoms with Gasteiger partial charge in [0.25, 0.3) is 5.91 Å². The molecule has 0 radical (unpaired) electrons. The monoisotopic (exact) mass is 358 g/mol. The predicted octanol–water partition coefficient (Wildman–Crippen LogP) is 2.41. The van der Waals surface area contributed by atoms with Crippen molar-refractivity contribution in [2.75, 3.05) is 11.5 Å². The van der Waals surface area contributed by atoms with Crippen LogP contribution in [0.2, 0.25) is 0 Å². The molecule has 0 saturated carbocycles. The molecular formula is C13H15BrN2O3S. The lowest BCUT2D eigenvalue weighted by molar-refractivity contribution is -0.141. The molecule has 0 aliphatic carbocycles. The zero-order valence-electron chi connectivity index (χ0n) is 10.9. The fourth-order valence-corrected chi connectivity index (χ4v) is 3.88. The zero-order chi connectivity index (χ0) is 14.9. The van der Waals surface area contributed by atoms with E-state index >= 15 is 0 Å². The van der Waals surface area contributed by atoms with Crippen molar-refractivity contribution in [1.29, 1.82) is 0 Å². The molecule has 20 heavy (non-hydrogen) atoms. The molecular weight excluding hydrogens is 344 g/mol. The van der Waals surface area contributed by atoms with Crippen LogP contribution in [0.5, 0.6) is 0 Å². The SMILES string of the molecule is CCC1SCC(C(=O)O)N1C(=O)c1ccc(N)c(Br)c1. The smallest absolute Gasteiger partial charge is 0.327 e. The number of carboxylic acids is 1. The fraction of sp³-hybridized carbons (Fsp3) is 0.385. The topological polar surface area (TPSA) is 83.6 Å². The number of aliphatic carboxylic acids is 1. The fourth-order valence-electron chi connectivity index (χ4n) is 2.15. The molecule has 108 valence electrons. The minimum atomic E-state index is -0.962. The van der Waals surface area contributed by atoms with E-state index in [2.05, 4.69) is 15.9 Å². The van der Waals surface area contributed by atoms with Crippen LogP contribution in [-0.4, -0.2) is 39.1 Å². The Kier molecular flexibility index (Phi) is 4.59. The van der Waals surface area contributed by atoms with Crippen molar-refractivity contribution >= 4 is 45.3 Å². The van der Waals surface area contributed by atoms with E-state index in [0.29, 0.717) is 21.5 Å². The van der Waals surface area contributed by atoms with Gasteiger partial charge in [-0.1, -0.05) is 6.92 Å². The summed E-state index contributed by atoms with van der Waals surface area (Å²) >= 11 is 4.79. The Hall–Kier alpha value is -1.21. The van der Waals surface area contributed by atoms with Crippen LogP contribution in [0.15, 0.2) is 22.7 Å². The van der Waals surface area contributed by atoms with E-state index in [0.717, 1.165) is 6.42 Å². The standard InChI is InChI=1S/C13H15BrN2O3S/c1-2-11-16(10(6-20-11)13(18)19)12(17)7-3-4-9(15)8(14)5-7/h3-5,10-11H,2,6,15H2,1H3,(H,18,19). The largest absolute Gasteiger partial charge is 0.480 e. The number of carboxylic acid groups (broad SMARTS) is 1. The van der Waals surface area contributed by atoms with E-state index in [1.807, 2.05) is 6.92 Å². The number of thioether (sulfide) groups is 1. The predicted molar refractivity (Wildman–Crippen MR) is 82.7 cm³/mol. The third kappa shape index (κ3) is 2.78. The number of nitrogens with two attached hydrogens (primary N) is 1. The van der Waals surface area contributed by atoms with Crippen LogP contribution in [0, 0.1) is 0 Å². The molecule has 2 rings (SSSR count). The Morgan fingerprint density at radius 1 is 1.55 bits per heavy atom. The third-order valence-electron chi connectivity index (χ3n) is 3.21. The van der Waals surface area contributed by atoms with Crippen molar-refractivity contribution in [1.82, 2.24) is 4.90 Å². The van der Waals surface area contributed by atoms with Gasteiger partial charge in [0.2, 0.25) is 0 Å². The van der Waals surface area contributed by atoms with Crippen LogP contribution in [0.3, 0.4) is 0 Å².